The standard InChI is InChI=1S/C21H30BrN3O3/c1-6-9-14(10-7-2)28-21-20(23-4)24-18(19(22)25-21)16-12-11-15(27-8-3)13-17(16)26-5/h11-14H,6-10H2,1-5H3,(H,23,24). The van der Waals surface area contributed by atoms with Crippen LogP contribution in [0.2, 0.25) is 0 Å². The largest absolute Gasteiger partial charge is 0.496 e. The summed E-state index contributed by atoms with van der Waals surface area (Å²) in [6.07, 6.45) is 4.25. The molecule has 0 saturated carbocycles. The highest BCUT2D eigenvalue weighted by molar-refractivity contribution is 9.10. The monoisotopic (exact) mass is 451 g/mol. The van der Waals surface area contributed by atoms with Crippen molar-refractivity contribution in [3.63, 3.8) is 0 Å². The van der Waals surface area contributed by atoms with Gasteiger partial charge < -0.3 is 19.5 Å². The molecule has 0 amide bonds. The summed E-state index contributed by atoms with van der Waals surface area (Å²) in [4.78, 5) is 9.39. The van der Waals surface area contributed by atoms with Gasteiger partial charge in [-0.25, -0.2) is 9.97 Å². The van der Waals surface area contributed by atoms with Gasteiger partial charge in [0.25, 0.3) is 5.88 Å². The lowest BCUT2D eigenvalue weighted by Crippen LogP contribution is -2.18. The van der Waals surface area contributed by atoms with Gasteiger partial charge in [-0.05, 0) is 47.8 Å². The molecule has 0 aliphatic heterocycles. The van der Waals surface area contributed by atoms with Gasteiger partial charge in [0, 0.05) is 18.7 Å². The van der Waals surface area contributed by atoms with Crippen LogP contribution in [0.1, 0.15) is 46.5 Å². The molecule has 28 heavy (non-hydrogen) atoms. The number of rotatable bonds is 11. The molecule has 0 saturated heterocycles. The molecule has 1 aromatic heterocycles. The van der Waals surface area contributed by atoms with E-state index in [1.807, 2.05) is 32.2 Å². The molecular formula is C21H30BrN3O3. The van der Waals surface area contributed by atoms with Crippen LogP contribution in [0.25, 0.3) is 11.3 Å². The van der Waals surface area contributed by atoms with Crippen molar-refractivity contribution in [1.29, 1.82) is 0 Å². The maximum atomic E-state index is 6.18. The predicted octanol–water partition coefficient (Wildman–Crippen LogP) is 5.70. The Morgan fingerprint density at radius 1 is 1.11 bits per heavy atom. The molecule has 0 aliphatic carbocycles. The lowest BCUT2D eigenvalue weighted by molar-refractivity contribution is 0.171. The summed E-state index contributed by atoms with van der Waals surface area (Å²) in [6, 6.07) is 5.68. The number of nitrogens with zero attached hydrogens (tertiary/aromatic N) is 2. The Balaban J connectivity index is 2.42. The van der Waals surface area contributed by atoms with E-state index < -0.39 is 0 Å². The quantitative estimate of drug-likeness (QED) is 0.472. The van der Waals surface area contributed by atoms with Crippen LogP contribution in [0, 0.1) is 0 Å². The molecule has 0 spiro atoms. The summed E-state index contributed by atoms with van der Waals surface area (Å²) >= 11 is 3.56. The summed E-state index contributed by atoms with van der Waals surface area (Å²) in [5.41, 5.74) is 1.51. The highest BCUT2D eigenvalue weighted by Crippen LogP contribution is 2.38. The Labute approximate surface area is 176 Å². The van der Waals surface area contributed by atoms with Crippen LogP contribution in [0.4, 0.5) is 5.82 Å². The number of hydrogen-bond donors (Lipinski definition) is 1. The molecule has 0 bridgehead atoms. The Hall–Kier alpha value is -2.02. The van der Waals surface area contributed by atoms with E-state index in [9.17, 15) is 0 Å². The SMILES string of the molecule is CCCC(CCC)Oc1nc(Br)c(-c2ccc(OCC)cc2OC)nc1NC. The summed E-state index contributed by atoms with van der Waals surface area (Å²) in [5, 5.41) is 3.11. The van der Waals surface area contributed by atoms with Crippen LogP contribution in [0.5, 0.6) is 17.4 Å². The lowest BCUT2D eigenvalue weighted by atomic mass is 10.1. The molecule has 0 aliphatic rings. The van der Waals surface area contributed by atoms with Crippen molar-refractivity contribution in [2.75, 3.05) is 26.1 Å². The molecule has 1 heterocycles. The topological polar surface area (TPSA) is 65.5 Å². The summed E-state index contributed by atoms with van der Waals surface area (Å²) < 4.78 is 17.9. The van der Waals surface area contributed by atoms with Crippen molar-refractivity contribution < 1.29 is 14.2 Å². The van der Waals surface area contributed by atoms with E-state index in [4.69, 9.17) is 19.2 Å². The Kier molecular flexibility index (Phi) is 8.83. The molecule has 1 N–H and O–H groups in total. The fourth-order valence-corrected chi connectivity index (χ4v) is 3.47. The fraction of sp³-hybridized carbons (Fsp3) is 0.524. The molecule has 6 nitrogen and oxygen atoms in total. The molecule has 7 heteroatoms. The van der Waals surface area contributed by atoms with Crippen molar-refractivity contribution in [2.24, 2.45) is 0 Å². The molecule has 154 valence electrons. The van der Waals surface area contributed by atoms with Gasteiger partial charge in [-0.3, -0.25) is 0 Å². The highest BCUT2D eigenvalue weighted by atomic mass is 79.9. The Morgan fingerprint density at radius 2 is 1.82 bits per heavy atom. The van der Waals surface area contributed by atoms with Crippen LogP contribution >= 0.6 is 15.9 Å². The molecule has 0 atom stereocenters. The molecule has 0 unspecified atom stereocenters. The Morgan fingerprint density at radius 3 is 2.39 bits per heavy atom. The molecule has 1 aromatic carbocycles. The third kappa shape index (κ3) is 5.50. The van der Waals surface area contributed by atoms with Crippen LogP contribution in [-0.2, 0) is 0 Å². The number of halogens is 1. The number of nitrogens with one attached hydrogen (secondary N) is 1. The van der Waals surface area contributed by atoms with Gasteiger partial charge in [0.05, 0.1) is 13.7 Å². The van der Waals surface area contributed by atoms with Gasteiger partial charge >= 0.3 is 0 Å². The minimum absolute atomic E-state index is 0.133. The van der Waals surface area contributed by atoms with Gasteiger partial charge in [0.1, 0.15) is 27.9 Å². The average molecular weight is 452 g/mol. The maximum Gasteiger partial charge on any atom is 0.258 e. The summed E-state index contributed by atoms with van der Waals surface area (Å²) in [7, 11) is 3.45. The van der Waals surface area contributed by atoms with Gasteiger partial charge in [-0.15, -0.1) is 0 Å². The first-order valence-electron chi connectivity index (χ1n) is 9.80. The van der Waals surface area contributed by atoms with E-state index >= 15 is 0 Å². The van der Waals surface area contributed by atoms with E-state index in [0.29, 0.717) is 34.4 Å². The number of methoxy groups -OCH3 is 1. The van der Waals surface area contributed by atoms with E-state index in [0.717, 1.165) is 37.0 Å². The van der Waals surface area contributed by atoms with Crippen LogP contribution in [-0.4, -0.2) is 36.8 Å². The van der Waals surface area contributed by atoms with Crippen LogP contribution < -0.4 is 19.5 Å². The highest BCUT2D eigenvalue weighted by Gasteiger charge is 2.20. The molecular weight excluding hydrogens is 422 g/mol. The summed E-state index contributed by atoms with van der Waals surface area (Å²) in [6.45, 7) is 6.87. The number of ether oxygens (including phenoxy) is 3. The van der Waals surface area contributed by atoms with E-state index in [1.54, 1.807) is 7.11 Å². The van der Waals surface area contributed by atoms with E-state index in [-0.39, 0.29) is 6.10 Å². The van der Waals surface area contributed by atoms with Crippen molar-refractivity contribution >= 4 is 21.7 Å². The molecule has 0 radical (unpaired) electrons. The minimum atomic E-state index is 0.133. The third-order valence-corrected chi connectivity index (χ3v) is 4.85. The Bertz CT molecular complexity index is 765. The average Bonchev–Trinajstić information content (AvgIpc) is 2.69. The lowest BCUT2D eigenvalue weighted by Gasteiger charge is -2.20. The second-order valence-electron chi connectivity index (χ2n) is 6.38. The second-order valence-corrected chi connectivity index (χ2v) is 7.13. The zero-order valence-corrected chi connectivity index (χ0v) is 18.9. The maximum absolute atomic E-state index is 6.18. The van der Waals surface area contributed by atoms with Gasteiger partial charge in [-0.2, -0.15) is 0 Å². The number of benzene rings is 1. The first kappa shape index (κ1) is 22.3. The molecule has 0 fully saturated rings. The zero-order chi connectivity index (χ0) is 20.5. The van der Waals surface area contributed by atoms with Gasteiger partial charge in [-0.1, -0.05) is 26.7 Å². The first-order chi connectivity index (χ1) is 13.6. The van der Waals surface area contributed by atoms with Gasteiger partial charge in [0.15, 0.2) is 5.82 Å². The first-order valence-corrected chi connectivity index (χ1v) is 10.6. The molecule has 2 aromatic rings. The number of hydrogen-bond acceptors (Lipinski definition) is 6. The fourth-order valence-electron chi connectivity index (χ4n) is 3.00. The van der Waals surface area contributed by atoms with Crippen LogP contribution in [0.3, 0.4) is 0 Å². The van der Waals surface area contributed by atoms with Crippen molar-refractivity contribution in [1.82, 2.24) is 9.97 Å². The normalized spacial score (nSPS) is 10.8. The minimum Gasteiger partial charge on any atom is -0.496 e. The second kappa shape index (κ2) is 11.1. The smallest absolute Gasteiger partial charge is 0.258 e. The predicted molar refractivity (Wildman–Crippen MR) is 117 cm³/mol. The third-order valence-electron chi connectivity index (χ3n) is 4.30. The summed E-state index contributed by atoms with van der Waals surface area (Å²) in [5.74, 6) is 2.54. The zero-order valence-electron chi connectivity index (χ0n) is 17.3. The number of anilines is 1. The van der Waals surface area contributed by atoms with Crippen molar-refractivity contribution in [2.45, 2.75) is 52.6 Å². The van der Waals surface area contributed by atoms with Crippen molar-refractivity contribution in [3.05, 3.63) is 22.8 Å². The van der Waals surface area contributed by atoms with Crippen LogP contribution in [0.15, 0.2) is 22.8 Å². The van der Waals surface area contributed by atoms with Crippen molar-refractivity contribution in [3.8, 4) is 28.6 Å². The van der Waals surface area contributed by atoms with Gasteiger partial charge in [0.2, 0.25) is 0 Å². The number of aromatic nitrogens is 2. The van der Waals surface area contributed by atoms with E-state index in [1.165, 1.54) is 0 Å². The molecule has 2 rings (SSSR count). The van der Waals surface area contributed by atoms with E-state index in [2.05, 4.69) is 40.1 Å².